The zero-order valence-electron chi connectivity index (χ0n) is 18.1. The Morgan fingerprint density at radius 1 is 0.636 bits per heavy atom. The maximum absolute atomic E-state index is 4.70. The molecule has 0 aliphatic rings. The molecule has 0 aliphatic heterocycles. The molecule has 5 heteroatoms. The predicted molar refractivity (Wildman–Crippen MR) is 132 cm³/mol. The normalized spacial score (nSPS) is 11.2. The molecule has 0 atom stereocenters. The highest BCUT2D eigenvalue weighted by molar-refractivity contribution is 5.87. The molecule has 0 saturated carbocycles. The Morgan fingerprint density at radius 2 is 1.30 bits per heavy atom. The van der Waals surface area contributed by atoms with Crippen molar-refractivity contribution >= 4 is 11.0 Å². The fourth-order valence-corrected chi connectivity index (χ4v) is 4.35. The van der Waals surface area contributed by atoms with Crippen molar-refractivity contribution in [2.24, 2.45) is 7.05 Å². The Balaban J connectivity index is 1.62. The van der Waals surface area contributed by atoms with E-state index in [9.17, 15) is 0 Å². The maximum Gasteiger partial charge on any atom is 0.163 e. The van der Waals surface area contributed by atoms with Crippen molar-refractivity contribution in [2.75, 3.05) is 0 Å². The van der Waals surface area contributed by atoms with Gasteiger partial charge in [-0.3, -0.25) is 0 Å². The van der Waals surface area contributed by atoms with Crippen molar-refractivity contribution in [1.29, 1.82) is 0 Å². The Morgan fingerprint density at radius 3 is 1.97 bits per heavy atom. The topological polar surface area (TPSA) is 48.5 Å². The molecular formula is C28H21N5. The summed E-state index contributed by atoms with van der Waals surface area (Å²) in [6.45, 7) is 0. The molecule has 0 fully saturated rings. The number of hydrogen-bond donors (Lipinski definition) is 0. The fraction of sp³-hybridized carbons (Fsp3) is 0.0357. The second kappa shape index (κ2) is 7.88. The lowest BCUT2D eigenvalue weighted by Crippen LogP contribution is -2.04. The van der Waals surface area contributed by atoms with Crippen LogP contribution < -0.4 is 0 Å². The summed E-state index contributed by atoms with van der Waals surface area (Å²) in [5, 5.41) is 4.70. The van der Waals surface area contributed by atoms with Gasteiger partial charge < -0.3 is 4.57 Å². The summed E-state index contributed by atoms with van der Waals surface area (Å²) in [7, 11) is 2.00. The second-order valence-electron chi connectivity index (χ2n) is 7.99. The van der Waals surface area contributed by atoms with Gasteiger partial charge in [0.1, 0.15) is 6.33 Å². The number of nitrogens with zero attached hydrogens (tertiary/aromatic N) is 5. The Bertz CT molecular complexity index is 1500. The van der Waals surface area contributed by atoms with E-state index in [1.54, 1.807) is 6.33 Å². The van der Waals surface area contributed by atoms with Crippen LogP contribution in [0.2, 0.25) is 0 Å². The quantitative estimate of drug-likeness (QED) is 0.339. The van der Waals surface area contributed by atoms with Crippen molar-refractivity contribution in [3.8, 4) is 39.3 Å². The largest absolute Gasteiger partial charge is 0.334 e. The number of benzene rings is 4. The summed E-state index contributed by atoms with van der Waals surface area (Å²) < 4.78 is 3.97. The lowest BCUT2D eigenvalue weighted by atomic mass is 9.96. The molecule has 0 aliphatic carbocycles. The van der Waals surface area contributed by atoms with E-state index in [2.05, 4.69) is 94.9 Å². The van der Waals surface area contributed by atoms with E-state index < -0.39 is 0 Å². The number of para-hydroxylation sites is 1. The molecule has 33 heavy (non-hydrogen) atoms. The van der Waals surface area contributed by atoms with Crippen LogP contribution in [0.1, 0.15) is 0 Å². The molecule has 6 rings (SSSR count). The molecule has 0 spiro atoms. The van der Waals surface area contributed by atoms with Crippen molar-refractivity contribution in [2.45, 2.75) is 0 Å². The minimum Gasteiger partial charge on any atom is -0.334 e. The highest BCUT2D eigenvalue weighted by Gasteiger charge is 2.19. The molecule has 0 bridgehead atoms. The molecule has 0 unspecified atom stereocenters. The fourth-order valence-electron chi connectivity index (χ4n) is 4.35. The van der Waals surface area contributed by atoms with Gasteiger partial charge in [0.15, 0.2) is 5.82 Å². The molecule has 5 nitrogen and oxygen atoms in total. The summed E-state index contributed by atoms with van der Waals surface area (Å²) in [6.07, 6.45) is 3.45. The zero-order valence-corrected chi connectivity index (χ0v) is 18.1. The predicted octanol–water partition coefficient (Wildman–Crippen LogP) is 6.16. The third-order valence-corrected chi connectivity index (χ3v) is 5.95. The molecule has 4 aromatic carbocycles. The molecule has 0 amide bonds. The van der Waals surface area contributed by atoms with Crippen LogP contribution >= 0.6 is 0 Å². The lowest BCUT2D eigenvalue weighted by molar-refractivity contribution is 0.890. The average Bonchev–Trinajstić information content (AvgIpc) is 3.51. The molecule has 2 aromatic heterocycles. The van der Waals surface area contributed by atoms with Gasteiger partial charge in [0, 0.05) is 23.7 Å². The van der Waals surface area contributed by atoms with E-state index in [0.29, 0.717) is 0 Å². The van der Waals surface area contributed by atoms with Crippen LogP contribution in [0.4, 0.5) is 0 Å². The summed E-state index contributed by atoms with van der Waals surface area (Å²) in [5.74, 6) is 0.781. The highest BCUT2D eigenvalue weighted by Crippen LogP contribution is 2.37. The first kappa shape index (κ1) is 19.2. The molecule has 0 radical (unpaired) electrons. The minimum atomic E-state index is 0.781. The van der Waals surface area contributed by atoms with Crippen molar-refractivity contribution in [1.82, 2.24) is 24.3 Å². The Labute approximate surface area is 191 Å². The van der Waals surface area contributed by atoms with Gasteiger partial charge in [0.25, 0.3) is 0 Å². The third-order valence-electron chi connectivity index (χ3n) is 5.95. The number of rotatable bonds is 4. The van der Waals surface area contributed by atoms with E-state index >= 15 is 0 Å². The van der Waals surface area contributed by atoms with E-state index in [1.165, 1.54) is 0 Å². The first-order valence-electron chi connectivity index (χ1n) is 10.9. The number of imidazole rings is 1. The van der Waals surface area contributed by atoms with E-state index in [4.69, 9.17) is 5.10 Å². The monoisotopic (exact) mass is 427 g/mol. The third kappa shape index (κ3) is 3.31. The molecule has 158 valence electrons. The standard InChI is InChI=1S/C28H21N5/c1-32-19-30-25-17-22(15-16-26(25)32)28-29-18-31-33(28)27-23(20-9-4-2-5-10-20)13-8-14-24(27)21-11-6-3-7-12-21/h2-19H,1H3. The van der Waals surface area contributed by atoms with Crippen LogP contribution in [0, 0.1) is 0 Å². The smallest absolute Gasteiger partial charge is 0.163 e. The SMILES string of the molecule is Cn1cnc2cc(-c3ncnn3-c3c(-c4ccccc4)cccc3-c3ccccc3)ccc21. The second-order valence-corrected chi connectivity index (χ2v) is 7.99. The van der Waals surface area contributed by atoms with E-state index in [1.807, 2.05) is 34.8 Å². The van der Waals surface area contributed by atoms with Gasteiger partial charge >= 0.3 is 0 Å². The minimum absolute atomic E-state index is 0.781. The van der Waals surface area contributed by atoms with Gasteiger partial charge in [0.2, 0.25) is 0 Å². The van der Waals surface area contributed by atoms with Crippen LogP contribution in [0.15, 0.2) is 110 Å². The van der Waals surface area contributed by atoms with Crippen molar-refractivity contribution < 1.29 is 0 Å². The number of aromatic nitrogens is 5. The number of fused-ring (bicyclic) bond motifs is 1. The van der Waals surface area contributed by atoms with Crippen LogP contribution in [0.5, 0.6) is 0 Å². The summed E-state index contributed by atoms with van der Waals surface area (Å²) in [4.78, 5) is 9.19. The van der Waals surface area contributed by atoms with Crippen LogP contribution in [0.3, 0.4) is 0 Å². The summed E-state index contributed by atoms with van der Waals surface area (Å²) in [6, 6.07) is 33.5. The number of aryl methyl sites for hydroxylation is 1. The van der Waals surface area contributed by atoms with Crippen molar-refractivity contribution in [3.63, 3.8) is 0 Å². The van der Waals surface area contributed by atoms with Gasteiger partial charge in [-0.25, -0.2) is 14.6 Å². The van der Waals surface area contributed by atoms with Gasteiger partial charge in [-0.05, 0) is 29.3 Å². The first-order chi connectivity index (χ1) is 16.3. The average molecular weight is 428 g/mol. The van der Waals surface area contributed by atoms with Crippen LogP contribution in [-0.4, -0.2) is 24.3 Å². The van der Waals surface area contributed by atoms with Gasteiger partial charge in [-0.1, -0.05) is 78.9 Å². The zero-order chi connectivity index (χ0) is 22.2. The molecule has 6 aromatic rings. The maximum atomic E-state index is 4.70. The van der Waals surface area contributed by atoms with Gasteiger partial charge in [-0.15, -0.1) is 0 Å². The Kier molecular flexibility index (Phi) is 4.58. The van der Waals surface area contributed by atoms with Gasteiger partial charge in [0.05, 0.1) is 23.0 Å². The van der Waals surface area contributed by atoms with Crippen LogP contribution in [-0.2, 0) is 7.05 Å². The molecule has 0 saturated heterocycles. The van der Waals surface area contributed by atoms with E-state index in [-0.39, 0.29) is 0 Å². The number of hydrogen-bond acceptors (Lipinski definition) is 3. The summed E-state index contributed by atoms with van der Waals surface area (Å²) >= 11 is 0. The Hall–Kier alpha value is -4.51. The van der Waals surface area contributed by atoms with Gasteiger partial charge in [-0.2, -0.15) is 5.10 Å². The highest BCUT2D eigenvalue weighted by atomic mass is 15.3. The van der Waals surface area contributed by atoms with Crippen LogP contribution in [0.25, 0.3) is 50.4 Å². The first-order valence-corrected chi connectivity index (χ1v) is 10.9. The molecule has 0 N–H and O–H groups in total. The van der Waals surface area contributed by atoms with E-state index in [0.717, 1.165) is 50.4 Å². The van der Waals surface area contributed by atoms with Crippen molar-refractivity contribution in [3.05, 3.63) is 110 Å². The lowest BCUT2D eigenvalue weighted by Gasteiger charge is -2.17. The molecule has 2 heterocycles. The molecular weight excluding hydrogens is 406 g/mol. The summed E-state index contributed by atoms with van der Waals surface area (Å²) in [5.41, 5.74) is 8.46.